The van der Waals surface area contributed by atoms with Gasteiger partial charge in [-0.25, -0.2) is 18.4 Å². The second-order valence-corrected chi connectivity index (χ2v) is 17.7. The second kappa shape index (κ2) is 16.1. The van der Waals surface area contributed by atoms with Crippen LogP contribution in [0.25, 0.3) is 106 Å². The van der Waals surface area contributed by atoms with E-state index in [4.69, 9.17) is 19.4 Å². The number of sulfone groups is 1. The molecule has 4 heterocycles. The fourth-order valence-corrected chi connectivity index (χ4v) is 10.5. The van der Waals surface area contributed by atoms with Crippen molar-refractivity contribution in [1.82, 2.24) is 15.0 Å². The van der Waals surface area contributed by atoms with Crippen molar-refractivity contribution >= 4 is 43.6 Å². The van der Waals surface area contributed by atoms with Gasteiger partial charge in [0.2, 0.25) is 9.84 Å². The van der Waals surface area contributed by atoms with Crippen molar-refractivity contribution in [2.24, 2.45) is 4.99 Å². The molecular weight excluding hydrogens is 821 g/mol. The second-order valence-electron chi connectivity index (χ2n) is 15.8. The molecule has 0 radical (unpaired) electrons. The van der Waals surface area contributed by atoms with Crippen molar-refractivity contribution in [3.05, 3.63) is 207 Å². The summed E-state index contributed by atoms with van der Waals surface area (Å²) in [6.07, 6.45) is 7.02. The molecule has 0 saturated carbocycles. The zero-order valence-electron chi connectivity index (χ0n) is 35.2. The zero-order chi connectivity index (χ0) is 44.1. The van der Waals surface area contributed by atoms with Crippen LogP contribution in [0.4, 0.5) is 0 Å². The summed E-state index contributed by atoms with van der Waals surface area (Å²) in [7, 11) is -4.20. The number of benzene rings is 7. The minimum Gasteiger partial charge on any atom is -0.456 e. The van der Waals surface area contributed by atoms with E-state index in [2.05, 4.69) is 48.0 Å². The van der Waals surface area contributed by atoms with E-state index in [1.807, 2.05) is 134 Å². The third kappa shape index (κ3) is 6.97. The van der Waals surface area contributed by atoms with Gasteiger partial charge in [0.25, 0.3) is 0 Å². The first-order chi connectivity index (χ1) is 31.9. The highest BCUT2D eigenvalue weighted by Gasteiger charge is 2.31. The number of hydrogen-bond acceptors (Lipinski definition) is 7. The van der Waals surface area contributed by atoms with Crippen LogP contribution in [0, 0.1) is 0 Å². The molecule has 0 unspecified atom stereocenters. The Morgan fingerprint density at radius 3 is 1.86 bits per heavy atom. The molecule has 11 rings (SSSR count). The van der Waals surface area contributed by atoms with Gasteiger partial charge in [-0.15, -0.1) is 0 Å². The molecule has 0 N–H and O–H groups in total. The number of furan rings is 1. The summed E-state index contributed by atoms with van der Waals surface area (Å²) in [6.45, 7) is 6.05. The highest BCUT2D eigenvalue weighted by Crippen LogP contribution is 2.49. The molecule has 310 valence electrons. The maximum absolute atomic E-state index is 15.7. The Kier molecular flexibility index (Phi) is 9.78. The van der Waals surface area contributed by atoms with Crippen LogP contribution < -0.4 is 0 Å². The van der Waals surface area contributed by atoms with E-state index in [0.717, 1.165) is 55.3 Å². The van der Waals surface area contributed by atoms with Gasteiger partial charge in [0.05, 0.1) is 26.9 Å². The Labute approximate surface area is 376 Å². The van der Waals surface area contributed by atoms with Gasteiger partial charge < -0.3 is 4.42 Å². The molecule has 0 fully saturated rings. The lowest BCUT2D eigenvalue weighted by molar-refractivity contribution is 0.596. The van der Waals surface area contributed by atoms with Crippen LogP contribution in [0.15, 0.2) is 220 Å². The van der Waals surface area contributed by atoms with Gasteiger partial charge >= 0.3 is 0 Å². The van der Waals surface area contributed by atoms with Crippen molar-refractivity contribution in [3.63, 3.8) is 0 Å². The lowest BCUT2D eigenvalue weighted by atomic mass is 9.85. The van der Waals surface area contributed by atoms with E-state index in [1.54, 1.807) is 36.8 Å². The molecule has 7 aromatic carbocycles. The minimum absolute atomic E-state index is 0.177. The van der Waals surface area contributed by atoms with Gasteiger partial charge in [-0.05, 0) is 88.8 Å². The predicted molar refractivity (Wildman–Crippen MR) is 263 cm³/mol. The number of hydrogen-bond donors (Lipinski definition) is 0. The highest BCUT2D eigenvalue weighted by molar-refractivity contribution is 7.91. The van der Waals surface area contributed by atoms with Gasteiger partial charge in [-0.1, -0.05) is 140 Å². The van der Waals surface area contributed by atoms with E-state index in [0.29, 0.717) is 56.3 Å². The first kappa shape index (κ1) is 39.5. The van der Waals surface area contributed by atoms with Crippen LogP contribution in [0.3, 0.4) is 0 Å². The standard InChI is InChI=1S/C57H38N4O3S/c1-3-29-58-34-36(2)50-28-26-39(35-59-50)52-33-51(60-57(61-52)37-15-5-4-6-16-37)38-25-27-44-42-19-8-7-17-40(42)41-18-9-10-20-43(41)46-22-12-14-24-55(46)65(62,63)56-32-48-45-21-11-13-23-53(45)64-54(48)31-49(56)47(44)30-38/h3-35H,2H2,1H3/b29-3-,58-34?. The molecule has 65 heavy (non-hydrogen) atoms. The van der Waals surface area contributed by atoms with Crippen molar-refractivity contribution in [1.29, 1.82) is 0 Å². The van der Waals surface area contributed by atoms with E-state index in [-0.39, 0.29) is 9.79 Å². The summed E-state index contributed by atoms with van der Waals surface area (Å²) < 4.78 is 37.8. The minimum atomic E-state index is -4.20. The van der Waals surface area contributed by atoms with Crippen LogP contribution in [0.1, 0.15) is 12.6 Å². The van der Waals surface area contributed by atoms with E-state index in [1.165, 1.54) is 0 Å². The molecule has 8 heteroatoms. The Bertz CT molecular complexity index is 3700. The fraction of sp³-hybridized carbons (Fsp3) is 0.0175. The van der Waals surface area contributed by atoms with Crippen LogP contribution in [0.5, 0.6) is 0 Å². The number of allylic oxidation sites excluding steroid dienone is 2. The largest absolute Gasteiger partial charge is 0.456 e. The predicted octanol–water partition coefficient (Wildman–Crippen LogP) is 14.2. The first-order valence-electron chi connectivity index (χ1n) is 21.2. The quantitative estimate of drug-likeness (QED) is 0.154. The number of fused-ring (bicyclic) bond motifs is 12. The monoisotopic (exact) mass is 858 g/mol. The summed E-state index contributed by atoms with van der Waals surface area (Å²) in [6, 6.07) is 56.9. The van der Waals surface area contributed by atoms with Gasteiger partial charge in [0.1, 0.15) is 11.2 Å². The zero-order valence-corrected chi connectivity index (χ0v) is 36.0. The van der Waals surface area contributed by atoms with Crippen molar-refractivity contribution < 1.29 is 12.8 Å². The molecule has 10 aromatic rings. The van der Waals surface area contributed by atoms with Crippen molar-refractivity contribution in [2.45, 2.75) is 16.7 Å². The highest BCUT2D eigenvalue weighted by atomic mass is 32.2. The molecule has 0 bridgehead atoms. The topological polar surface area (TPSA) is 98.3 Å². The molecule has 0 amide bonds. The third-order valence-corrected chi connectivity index (χ3v) is 13.7. The Morgan fingerprint density at radius 1 is 0.538 bits per heavy atom. The van der Waals surface area contributed by atoms with Crippen molar-refractivity contribution in [3.8, 4) is 78.4 Å². The number of nitrogens with zero attached hydrogens (tertiary/aromatic N) is 4. The lowest BCUT2D eigenvalue weighted by Gasteiger charge is -2.18. The average Bonchev–Trinajstić information content (AvgIpc) is 3.73. The smallest absolute Gasteiger partial charge is 0.207 e. The van der Waals surface area contributed by atoms with E-state index in [9.17, 15) is 0 Å². The normalized spacial score (nSPS) is 12.9. The Balaban J connectivity index is 1.20. The molecule has 7 nitrogen and oxygen atoms in total. The maximum Gasteiger partial charge on any atom is 0.207 e. The van der Waals surface area contributed by atoms with Crippen LogP contribution in [0.2, 0.25) is 0 Å². The van der Waals surface area contributed by atoms with E-state index >= 15 is 8.42 Å². The van der Waals surface area contributed by atoms with Gasteiger partial charge in [-0.2, -0.15) is 0 Å². The average molecular weight is 859 g/mol. The molecule has 3 aromatic heterocycles. The number of aromatic nitrogens is 3. The molecule has 0 spiro atoms. The Hall–Kier alpha value is -8.33. The lowest BCUT2D eigenvalue weighted by Crippen LogP contribution is -2.06. The molecule has 1 aliphatic heterocycles. The van der Waals surface area contributed by atoms with Crippen LogP contribution in [-0.4, -0.2) is 29.6 Å². The number of rotatable bonds is 6. The fourth-order valence-electron chi connectivity index (χ4n) is 8.77. The molecule has 0 saturated heterocycles. The number of pyridine rings is 1. The third-order valence-electron chi connectivity index (χ3n) is 11.9. The maximum atomic E-state index is 15.7. The summed E-state index contributed by atoms with van der Waals surface area (Å²) in [4.78, 5) is 19.6. The van der Waals surface area contributed by atoms with Crippen LogP contribution >= 0.6 is 0 Å². The van der Waals surface area contributed by atoms with Gasteiger partial charge in [0.15, 0.2) is 5.82 Å². The van der Waals surface area contributed by atoms with Crippen LogP contribution in [-0.2, 0) is 9.84 Å². The Morgan fingerprint density at radius 2 is 1.15 bits per heavy atom. The first-order valence-corrected chi connectivity index (χ1v) is 22.7. The number of para-hydroxylation sites is 1. The summed E-state index contributed by atoms with van der Waals surface area (Å²) in [5.41, 5.74) is 12.7. The number of aliphatic imine (C=N–C) groups is 1. The van der Waals surface area contributed by atoms with Gasteiger partial charge in [-0.3, -0.25) is 9.98 Å². The van der Waals surface area contributed by atoms with E-state index < -0.39 is 9.84 Å². The molecular formula is C57H38N4O3S. The SMILES string of the molecule is C=C(C=N/C=C\C)c1ccc(-c2cc(-c3ccc4c(c3)-c3cc5oc6ccccc6c5cc3S(=O)(=O)c3ccccc3-c3ccccc3-c3ccccc3-4)nc(-c3ccccc3)n2)cn1. The summed E-state index contributed by atoms with van der Waals surface area (Å²) in [5, 5.41) is 1.55. The molecule has 0 atom stereocenters. The molecule has 1 aliphatic rings. The summed E-state index contributed by atoms with van der Waals surface area (Å²) >= 11 is 0. The molecule has 0 aliphatic carbocycles. The van der Waals surface area contributed by atoms with Gasteiger partial charge in [0, 0.05) is 62.8 Å². The summed E-state index contributed by atoms with van der Waals surface area (Å²) in [5.74, 6) is 0.534. The van der Waals surface area contributed by atoms with Crippen molar-refractivity contribution in [2.75, 3.05) is 0 Å².